The Labute approximate surface area is 183 Å². The standard InChI is InChI=1S/C20H25ClN2O5S2/c1-5-19(23(30(4,27)28)17-8-6-7-16(21)13-17)20(24)22-14(2)15-9-11-18(12-10-15)29(3,25)26/h6-14,19H,5H2,1-4H3,(H,22,24)/t14-,19-/m0/s1. The fourth-order valence-corrected chi connectivity index (χ4v) is 5.09. The van der Waals surface area contributed by atoms with E-state index in [1.165, 1.54) is 18.2 Å². The molecule has 0 saturated heterocycles. The van der Waals surface area contributed by atoms with Gasteiger partial charge in [-0.3, -0.25) is 9.10 Å². The minimum Gasteiger partial charge on any atom is -0.348 e. The summed E-state index contributed by atoms with van der Waals surface area (Å²) in [5.41, 5.74) is 0.997. The summed E-state index contributed by atoms with van der Waals surface area (Å²) in [4.78, 5) is 13.2. The van der Waals surface area contributed by atoms with Crippen molar-refractivity contribution in [3.05, 3.63) is 59.1 Å². The first-order valence-corrected chi connectivity index (χ1v) is 13.3. The van der Waals surface area contributed by atoms with E-state index in [2.05, 4.69) is 5.32 Å². The predicted molar refractivity (Wildman–Crippen MR) is 119 cm³/mol. The number of sulfonamides is 1. The average molecular weight is 473 g/mol. The number of amides is 1. The van der Waals surface area contributed by atoms with Crippen molar-refractivity contribution in [1.29, 1.82) is 0 Å². The van der Waals surface area contributed by atoms with E-state index >= 15 is 0 Å². The highest BCUT2D eigenvalue weighted by Gasteiger charge is 2.32. The van der Waals surface area contributed by atoms with Crippen molar-refractivity contribution in [2.24, 2.45) is 0 Å². The normalized spacial score (nSPS) is 14.0. The van der Waals surface area contributed by atoms with Gasteiger partial charge in [0.15, 0.2) is 9.84 Å². The van der Waals surface area contributed by atoms with Crippen LogP contribution in [0.25, 0.3) is 0 Å². The van der Waals surface area contributed by atoms with Crippen molar-refractivity contribution in [2.75, 3.05) is 16.8 Å². The van der Waals surface area contributed by atoms with Gasteiger partial charge in [0.25, 0.3) is 0 Å². The lowest BCUT2D eigenvalue weighted by Crippen LogP contribution is -2.49. The maximum atomic E-state index is 13.0. The minimum atomic E-state index is -3.77. The Morgan fingerprint density at radius 2 is 1.67 bits per heavy atom. The molecule has 0 unspecified atom stereocenters. The monoisotopic (exact) mass is 472 g/mol. The Morgan fingerprint density at radius 3 is 2.13 bits per heavy atom. The maximum Gasteiger partial charge on any atom is 0.244 e. The molecule has 1 N–H and O–H groups in total. The zero-order valence-electron chi connectivity index (χ0n) is 17.2. The fourth-order valence-electron chi connectivity index (χ4n) is 3.07. The van der Waals surface area contributed by atoms with Crippen molar-refractivity contribution in [2.45, 2.75) is 37.2 Å². The number of carbonyl (C=O) groups is 1. The molecule has 0 spiro atoms. The summed E-state index contributed by atoms with van der Waals surface area (Å²) in [6.07, 6.45) is 2.40. The van der Waals surface area contributed by atoms with Crippen LogP contribution in [0.2, 0.25) is 5.02 Å². The molecule has 30 heavy (non-hydrogen) atoms. The van der Waals surface area contributed by atoms with Crippen LogP contribution in [0.3, 0.4) is 0 Å². The number of nitrogens with one attached hydrogen (secondary N) is 1. The Hall–Kier alpha value is -2.10. The van der Waals surface area contributed by atoms with E-state index in [0.717, 1.165) is 16.8 Å². The van der Waals surface area contributed by atoms with Gasteiger partial charge in [0.2, 0.25) is 15.9 Å². The van der Waals surface area contributed by atoms with Crippen LogP contribution in [0.4, 0.5) is 5.69 Å². The van der Waals surface area contributed by atoms with Crippen LogP contribution in [0, 0.1) is 0 Å². The summed E-state index contributed by atoms with van der Waals surface area (Å²) in [7, 11) is -7.09. The highest BCUT2D eigenvalue weighted by atomic mass is 35.5. The van der Waals surface area contributed by atoms with Crippen molar-refractivity contribution in [3.8, 4) is 0 Å². The average Bonchev–Trinajstić information content (AvgIpc) is 2.64. The molecule has 0 aliphatic heterocycles. The number of sulfone groups is 1. The topological polar surface area (TPSA) is 101 Å². The number of hydrogen-bond donors (Lipinski definition) is 1. The van der Waals surface area contributed by atoms with Crippen molar-refractivity contribution in [3.63, 3.8) is 0 Å². The van der Waals surface area contributed by atoms with Crippen molar-refractivity contribution in [1.82, 2.24) is 5.32 Å². The number of rotatable bonds is 8. The van der Waals surface area contributed by atoms with Crippen LogP contribution in [-0.4, -0.2) is 41.3 Å². The van der Waals surface area contributed by atoms with Gasteiger partial charge in [-0.15, -0.1) is 0 Å². The van der Waals surface area contributed by atoms with Gasteiger partial charge < -0.3 is 5.32 Å². The second-order valence-electron chi connectivity index (χ2n) is 7.03. The summed E-state index contributed by atoms with van der Waals surface area (Å²) in [5, 5.41) is 3.17. The lowest BCUT2D eigenvalue weighted by atomic mass is 10.1. The lowest BCUT2D eigenvalue weighted by Gasteiger charge is -2.31. The molecular weight excluding hydrogens is 448 g/mol. The smallest absolute Gasteiger partial charge is 0.244 e. The van der Waals surface area contributed by atoms with E-state index < -0.39 is 37.9 Å². The molecule has 0 fully saturated rings. The summed E-state index contributed by atoms with van der Waals surface area (Å²) in [6.45, 7) is 3.46. The van der Waals surface area contributed by atoms with Crippen LogP contribution in [0.15, 0.2) is 53.4 Å². The van der Waals surface area contributed by atoms with Crippen LogP contribution >= 0.6 is 11.6 Å². The molecule has 0 aliphatic rings. The molecule has 2 rings (SSSR count). The minimum absolute atomic E-state index is 0.181. The number of benzene rings is 2. The lowest BCUT2D eigenvalue weighted by molar-refractivity contribution is -0.122. The summed E-state index contributed by atoms with van der Waals surface area (Å²) in [6, 6.07) is 11.1. The highest BCUT2D eigenvalue weighted by Crippen LogP contribution is 2.26. The first-order valence-electron chi connectivity index (χ1n) is 9.20. The van der Waals surface area contributed by atoms with Crippen LogP contribution in [-0.2, 0) is 24.7 Å². The Kier molecular flexibility index (Phi) is 7.54. The second kappa shape index (κ2) is 9.36. The number of nitrogens with zero attached hydrogens (tertiary/aromatic N) is 1. The van der Waals surface area contributed by atoms with Gasteiger partial charge in [-0.25, -0.2) is 16.8 Å². The number of hydrogen-bond acceptors (Lipinski definition) is 5. The molecule has 0 saturated carbocycles. The first-order chi connectivity index (χ1) is 13.8. The zero-order valence-corrected chi connectivity index (χ0v) is 19.6. The van der Waals surface area contributed by atoms with Crippen molar-refractivity contribution < 1.29 is 21.6 Å². The summed E-state index contributed by atoms with van der Waals surface area (Å²) in [5.74, 6) is -0.470. The van der Waals surface area contributed by atoms with Crippen LogP contribution in [0.5, 0.6) is 0 Å². The maximum absolute atomic E-state index is 13.0. The van der Waals surface area contributed by atoms with Gasteiger partial charge in [-0.05, 0) is 49.2 Å². The Morgan fingerprint density at radius 1 is 1.07 bits per heavy atom. The number of halogens is 1. The Balaban J connectivity index is 2.29. The van der Waals surface area contributed by atoms with Gasteiger partial charge in [-0.2, -0.15) is 0 Å². The molecule has 2 aromatic rings. The third-order valence-electron chi connectivity index (χ3n) is 4.56. The summed E-state index contributed by atoms with van der Waals surface area (Å²) >= 11 is 6.01. The molecule has 0 bridgehead atoms. The molecule has 7 nitrogen and oxygen atoms in total. The quantitative estimate of drug-likeness (QED) is 0.636. The third-order valence-corrected chi connectivity index (χ3v) is 7.10. The molecule has 0 heterocycles. The molecule has 0 radical (unpaired) electrons. The first kappa shape index (κ1) is 24.2. The van der Waals surface area contributed by atoms with Gasteiger partial charge in [0.1, 0.15) is 6.04 Å². The molecular formula is C20H25ClN2O5S2. The molecule has 0 aliphatic carbocycles. The number of carbonyl (C=O) groups excluding carboxylic acids is 1. The van der Waals surface area contributed by atoms with E-state index in [4.69, 9.17) is 11.6 Å². The SMILES string of the molecule is CC[C@@H](C(=O)N[C@@H](C)c1ccc(S(C)(=O)=O)cc1)N(c1cccc(Cl)c1)S(C)(=O)=O. The fraction of sp³-hybridized carbons (Fsp3) is 0.350. The molecule has 164 valence electrons. The van der Waals surface area contributed by atoms with E-state index in [0.29, 0.717) is 16.3 Å². The highest BCUT2D eigenvalue weighted by molar-refractivity contribution is 7.92. The molecule has 0 aromatic heterocycles. The molecule has 2 aromatic carbocycles. The molecule has 2 atom stereocenters. The van der Waals surface area contributed by atoms with Gasteiger partial charge in [-0.1, -0.05) is 36.7 Å². The second-order valence-corrected chi connectivity index (χ2v) is 11.3. The van der Waals surface area contributed by atoms with Crippen LogP contribution in [0.1, 0.15) is 31.9 Å². The van der Waals surface area contributed by atoms with Gasteiger partial charge in [0, 0.05) is 11.3 Å². The summed E-state index contributed by atoms with van der Waals surface area (Å²) < 4.78 is 49.2. The molecule has 1 amide bonds. The van der Waals surface area contributed by atoms with E-state index in [-0.39, 0.29) is 11.3 Å². The van der Waals surface area contributed by atoms with Gasteiger partial charge >= 0.3 is 0 Å². The van der Waals surface area contributed by atoms with E-state index in [1.54, 1.807) is 44.2 Å². The van der Waals surface area contributed by atoms with E-state index in [9.17, 15) is 21.6 Å². The third kappa shape index (κ3) is 5.96. The molecule has 10 heteroatoms. The Bertz CT molecular complexity index is 1120. The zero-order chi connectivity index (χ0) is 22.7. The van der Waals surface area contributed by atoms with E-state index in [1.807, 2.05) is 0 Å². The van der Waals surface area contributed by atoms with Gasteiger partial charge in [0.05, 0.1) is 22.9 Å². The van der Waals surface area contributed by atoms with Crippen LogP contribution < -0.4 is 9.62 Å². The largest absolute Gasteiger partial charge is 0.348 e. The predicted octanol–water partition coefficient (Wildman–Crippen LogP) is 3.17. The van der Waals surface area contributed by atoms with Crippen molar-refractivity contribution >= 4 is 43.1 Å². The number of anilines is 1.